The first kappa shape index (κ1) is 30.3. The summed E-state index contributed by atoms with van der Waals surface area (Å²) in [5, 5.41) is 2.84. The maximum Gasteiger partial charge on any atom is 0.264 e. The monoisotopic (exact) mass is 617 g/mol. The molecule has 39 heavy (non-hydrogen) atoms. The van der Waals surface area contributed by atoms with E-state index in [1.807, 2.05) is 13.8 Å². The fourth-order valence-corrected chi connectivity index (χ4v) is 5.70. The van der Waals surface area contributed by atoms with E-state index < -0.39 is 34.3 Å². The van der Waals surface area contributed by atoms with Crippen LogP contribution < -0.4 is 9.62 Å². The highest BCUT2D eigenvalue weighted by Gasteiger charge is 2.32. The number of aryl methyl sites for hydroxylation is 1. The molecule has 208 valence electrons. The van der Waals surface area contributed by atoms with E-state index in [0.29, 0.717) is 22.3 Å². The Morgan fingerprint density at radius 1 is 1.03 bits per heavy atom. The number of nitrogens with zero attached hydrogens (tertiary/aromatic N) is 2. The number of carbonyl (C=O) groups is 2. The van der Waals surface area contributed by atoms with Gasteiger partial charge in [0.2, 0.25) is 11.8 Å². The molecular formula is C29H33BrFN3O4S. The predicted molar refractivity (Wildman–Crippen MR) is 154 cm³/mol. The molecule has 0 unspecified atom stereocenters. The summed E-state index contributed by atoms with van der Waals surface area (Å²) in [5.41, 5.74) is 1.79. The molecule has 0 aliphatic rings. The van der Waals surface area contributed by atoms with Crippen molar-refractivity contribution in [2.24, 2.45) is 0 Å². The lowest BCUT2D eigenvalue weighted by molar-refractivity contribution is -0.139. The lowest BCUT2D eigenvalue weighted by atomic mass is 10.1. The van der Waals surface area contributed by atoms with Crippen LogP contribution in [0.1, 0.15) is 37.8 Å². The van der Waals surface area contributed by atoms with Crippen molar-refractivity contribution in [1.82, 2.24) is 10.2 Å². The van der Waals surface area contributed by atoms with Gasteiger partial charge in [-0.3, -0.25) is 13.9 Å². The first-order valence-corrected chi connectivity index (χ1v) is 14.9. The van der Waals surface area contributed by atoms with Crippen molar-refractivity contribution >= 4 is 43.5 Å². The number of rotatable bonds is 12. The Labute approximate surface area is 238 Å². The second kappa shape index (κ2) is 13.7. The molecular weight excluding hydrogens is 585 g/mol. The summed E-state index contributed by atoms with van der Waals surface area (Å²) in [7, 11) is -4.14. The van der Waals surface area contributed by atoms with Crippen LogP contribution in [0.2, 0.25) is 0 Å². The van der Waals surface area contributed by atoms with E-state index in [4.69, 9.17) is 0 Å². The molecule has 0 heterocycles. The van der Waals surface area contributed by atoms with Gasteiger partial charge in [0.1, 0.15) is 18.4 Å². The zero-order chi connectivity index (χ0) is 28.6. The number of benzene rings is 3. The predicted octanol–water partition coefficient (Wildman–Crippen LogP) is 5.43. The summed E-state index contributed by atoms with van der Waals surface area (Å²) in [5.74, 6) is -1.35. The van der Waals surface area contributed by atoms with Gasteiger partial charge < -0.3 is 10.2 Å². The molecule has 0 saturated heterocycles. The minimum Gasteiger partial charge on any atom is -0.354 e. The van der Waals surface area contributed by atoms with Gasteiger partial charge in [-0.25, -0.2) is 12.8 Å². The van der Waals surface area contributed by atoms with Crippen molar-refractivity contribution in [2.75, 3.05) is 17.4 Å². The van der Waals surface area contributed by atoms with Crippen LogP contribution in [0, 0.1) is 12.7 Å². The van der Waals surface area contributed by atoms with Crippen molar-refractivity contribution in [3.8, 4) is 0 Å². The highest BCUT2D eigenvalue weighted by molar-refractivity contribution is 9.10. The molecule has 3 aromatic carbocycles. The SMILES string of the molecule is CCCCNC(=O)[C@@H](C)N(Cc1ccc(F)cc1)C(=O)CN(c1cccc(Br)c1)S(=O)(=O)c1ccc(C)cc1. The molecule has 1 atom stereocenters. The van der Waals surface area contributed by atoms with Crippen molar-refractivity contribution in [3.63, 3.8) is 0 Å². The molecule has 0 spiro atoms. The number of halogens is 2. The van der Waals surface area contributed by atoms with E-state index in [2.05, 4.69) is 21.2 Å². The zero-order valence-corrected chi connectivity index (χ0v) is 24.6. The molecule has 0 aliphatic carbocycles. The zero-order valence-electron chi connectivity index (χ0n) is 22.2. The summed E-state index contributed by atoms with van der Waals surface area (Å²) >= 11 is 3.38. The van der Waals surface area contributed by atoms with Crippen LogP contribution in [0.15, 0.2) is 82.2 Å². The number of sulfonamides is 1. The highest BCUT2D eigenvalue weighted by Crippen LogP contribution is 2.27. The third-order valence-electron chi connectivity index (χ3n) is 6.25. The van der Waals surface area contributed by atoms with Gasteiger partial charge in [-0.1, -0.05) is 65.2 Å². The quantitative estimate of drug-likeness (QED) is 0.275. The maximum absolute atomic E-state index is 13.8. The summed E-state index contributed by atoms with van der Waals surface area (Å²) in [4.78, 5) is 28.2. The Bertz CT molecular complexity index is 1380. The van der Waals surface area contributed by atoms with Gasteiger partial charge in [-0.2, -0.15) is 0 Å². The minimum atomic E-state index is -4.14. The smallest absolute Gasteiger partial charge is 0.264 e. The Kier molecular flexibility index (Phi) is 10.7. The molecule has 0 saturated carbocycles. The van der Waals surface area contributed by atoms with Gasteiger partial charge in [0.05, 0.1) is 10.6 Å². The maximum atomic E-state index is 13.8. The van der Waals surface area contributed by atoms with Crippen LogP contribution in [0.25, 0.3) is 0 Å². The van der Waals surface area contributed by atoms with Crippen LogP contribution in [0.3, 0.4) is 0 Å². The number of carbonyl (C=O) groups excluding carboxylic acids is 2. The molecule has 0 radical (unpaired) electrons. The summed E-state index contributed by atoms with van der Waals surface area (Å²) in [6.45, 7) is 5.38. The van der Waals surface area contributed by atoms with Crippen LogP contribution in [-0.4, -0.2) is 44.3 Å². The third kappa shape index (κ3) is 8.12. The van der Waals surface area contributed by atoms with Crippen molar-refractivity contribution in [1.29, 1.82) is 0 Å². The number of amides is 2. The molecule has 1 N–H and O–H groups in total. The van der Waals surface area contributed by atoms with Gasteiger partial charge in [0.25, 0.3) is 10.0 Å². The minimum absolute atomic E-state index is 0.00161. The number of hydrogen-bond acceptors (Lipinski definition) is 4. The first-order chi connectivity index (χ1) is 18.5. The van der Waals surface area contributed by atoms with E-state index in [-0.39, 0.29) is 17.3 Å². The average molecular weight is 619 g/mol. The molecule has 0 bridgehead atoms. The molecule has 0 aromatic heterocycles. The number of nitrogens with one attached hydrogen (secondary N) is 1. The topological polar surface area (TPSA) is 86.8 Å². The van der Waals surface area contributed by atoms with E-state index in [0.717, 1.165) is 22.7 Å². The largest absolute Gasteiger partial charge is 0.354 e. The normalized spacial score (nSPS) is 12.0. The Balaban J connectivity index is 1.99. The van der Waals surface area contributed by atoms with Crippen LogP contribution >= 0.6 is 15.9 Å². The van der Waals surface area contributed by atoms with Crippen LogP contribution in [0.4, 0.5) is 10.1 Å². The standard InChI is InChI=1S/C29H33BrFN3O4S/c1-4-5-17-32-29(36)22(3)33(19-23-11-13-25(31)14-12-23)28(35)20-34(26-8-6-7-24(30)18-26)39(37,38)27-15-9-21(2)10-16-27/h6-16,18,22H,4-5,17,19-20H2,1-3H3,(H,32,36)/t22-/m1/s1. The molecule has 3 rings (SSSR count). The van der Waals surface area contributed by atoms with Crippen molar-refractivity contribution in [3.05, 3.63) is 94.2 Å². The highest BCUT2D eigenvalue weighted by atomic mass is 79.9. The van der Waals surface area contributed by atoms with E-state index in [9.17, 15) is 22.4 Å². The third-order valence-corrected chi connectivity index (χ3v) is 8.53. The van der Waals surface area contributed by atoms with Gasteiger partial charge in [-0.15, -0.1) is 0 Å². The summed E-state index contributed by atoms with van der Waals surface area (Å²) < 4.78 is 42.8. The number of anilines is 1. The molecule has 10 heteroatoms. The molecule has 7 nitrogen and oxygen atoms in total. The molecule has 3 aromatic rings. The molecule has 0 fully saturated rings. The van der Waals surface area contributed by atoms with E-state index in [1.165, 1.54) is 41.3 Å². The second-order valence-electron chi connectivity index (χ2n) is 9.27. The van der Waals surface area contributed by atoms with Gasteiger partial charge in [-0.05, 0) is 68.3 Å². The molecule has 2 amide bonds. The van der Waals surface area contributed by atoms with Gasteiger partial charge >= 0.3 is 0 Å². The average Bonchev–Trinajstić information content (AvgIpc) is 2.91. The van der Waals surface area contributed by atoms with Crippen LogP contribution in [-0.2, 0) is 26.2 Å². The van der Waals surface area contributed by atoms with E-state index >= 15 is 0 Å². The van der Waals surface area contributed by atoms with Crippen molar-refractivity contribution in [2.45, 2.75) is 51.1 Å². The van der Waals surface area contributed by atoms with Crippen molar-refractivity contribution < 1.29 is 22.4 Å². The Morgan fingerprint density at radius 3 is 2.31 bits per heavy atom. The second-order valence-corrected chi connectivity index (χ2v) is 12.1. The summed E-state index contributed by atoms with van der Waals surface area (Å²) in [6.07, 6.45) is 1.68. The fourth-order valence-electron chi connectivity index (χ4n) is 3.90. The Hall–Kier alpha value is -3.24. The Morgan fingerprint density at radius 2 is 1.69 bits per heavy atom. The lowest BCUT2D eigenvalue weighted by Gasteiger charge is -2.32. The lowest BCUT2D eigenvalue weighted by Crippen LogP contribution is -2.51. The fraction of sp³-hybridized carbons (Fsp3) is 0.310. The summed E-state index contributed by atoms with van der Waals surface area (Å²) in [6, 6.07) is 17.8. The number of unbranched alkanes of at least 4 members (excludes halogenated alkanes) is 1. The van der Waals surface area contributed by atoms with E-state index in [1.54, 1.807) is 43.3 Å². The number of hydrogen-bond donors (Lipinski definition) is 1. The van der Waals surface area contributed by atoms with Gasteiger partial charge in [0, 0.05) is 17.6 Å². The van der Waals surface area contributed by atoms with Crippen LogP contribution in [0.5, 0.6) is 0 Å². The van der Waals surface area contributed by atoms with Gasteiger partial charge in [0.15, 0.2) is 0 Å². The molecule has 0 aliphatic heterocycles. The first-order valence-electron chi connectivity index (χ1n) is 12.7.